The summed E-state index contributed by atoms with van der Waals surface area (Å²) in [6, 6.07) is 16.4. The van der Waals surface area contributed by atoms with Crippen LogP contribution in [0.15, 0.2) is 87.5 Å². The lowest BCUT2D eigenvalue weighted by Gasteiger charge is -1.98. The molecule has 2 heterocycles. The van der Waals surface area contributed by atoms with Gasteiger partial charge < -0.3 is 8.83 Å². The minimum absolute atomic E-state index is 0.176. The zero-order valence-electron chi connectivity index (χ0n) is 14.5. The molecule has 0 aliphatic carbocycles. The summed E-state index contributed by atoms with van der Waals surface area (Å²) in [6.07, 6.45) is 1.42. The molecule has 0 saturated carbocycles. The van der Waals surface area contributed by atoms with E-state index in [2.05, 4.69) is 42.4 Å². The van der Waals surface area contributed by atoms with Gasteiger partial charge in [-0.15, -0.1) is 0 Å². The molecule has 146 valence electrons. The van der Waals surface area contributed by atoms with E-state index in [9.17, 15) is 4.79 Å². The smallest absolute Gasteiger partial charge is 0.307 e. The van der Waals surface area contributed by atoms with Crippen LogP contribution in [0.2, 0.25) is 5.02 Å². The molecule has 0 aliphatic rings. The van der Waals surface area contributed by atoms with Crippen molar-refractivity contribution < 1.29 is 13.6 Å². The first kappa shape index (κ1) is 20.3. The van der Waals surface area contributed by atoms with Crippen LogP contribution in [0.1, 0.15) is 16.3 Å². The topological polar surface area (TPSA) is 67.7 Å². The summed E-state index contributed by atoms with van der Waals surface area (Å²) in [5, 5.41) is 6.11. The molecule has 4 rings (SSSR count). The Bertz CT molecular complexity index is 1220. The molecular weight excluding hydrogens is 544 g/mol. The van der Waals surface area contributed by atoms with Crippen LogP contribution in [0, 0.1) is 0 Å². The number of rotatable bonds is 5. The Morgan fingerprint density at radius 1 is 1.07 bits per heavy atom. The van der Waals surface area contributed by atoms with E-state index in [0.717, 1.165) is 19.2 Å². The lowest BCUT2D eigenvalue weighted by molar-refractivity contribution is 0.0929. The van der Waals surface area contributed by atoms with E-state index in [4.69, 9.17) is 20.4 Å². The van der Waals surface area contributed by atoms with Crippen molar-refractivity contribution in [1.82, 2.24) is 5.43 Å². The van der Waals surface area contributed by atoms with Crippen LogP contribution in [0.3, 0.4) is 0 Å². The number of hydrazone groups is 1. The minimum Gasteiger partial charge on any atom is -0.451 e. The van der Waals surface area contributed by atoms with E-state index in [1.54, 1.807) is 18.2 Å². The Morgan fingerprint density at radius 3 is 2.66 bits per heavy atom. The molecule has 0 fully saturated rings. The zero-order chi connectivity index (χ0) is 20.4. The maximum absolute atomic E-state index is 12.2. The van der Waals surface area contributed by atoms with Crippen molar-refractivity contribution >= 4 is 78.3 Å². The van der Waals surface area contributed by atoms with Crippen LogP contribution in [-0.2, 0) is 0 Å². The van der Waals surface area contributed by atoms with Gasteiger partial charge in [-0.05, 0) is 64.5 Å². The van der Waals surface area contributed by atoms with Crippen LogP contribution < -0.4 is 5.43 Å². The van der Waals surface area contributed by atoms with E-state index in [1.165, 1.54) is 18.0 Å². The third kappa shape index (κ3) is 4.95. The van der Waals surface area contributed by atoms with E-state index >= 15 is 0 Å². The molecule has 0 unspecified atom stereocenters. The fourth-order valence-corrected chi connectivity index (χ4v) is 4.28. The Labute approximate surface area is 191 Å². The lowest BCUT2D eigenvalue weighted by atomic mass is 10.2. The largest absolute Gasteiger partial charge is 0.451 e. The summed E-state index contributed by atoms with van der Waals surface area (Å²) in [4.78, 5) is 13.2. The second kappa shape index (κ2) is 8.79. The molecule has 0 bridgehead atoms. The predicted molar refractivity (Wildman–Crippen MR) is 121 cm³/mol. The molecule has 0 saturated heterocycles. The molecule has 29 heavy (non-hydrogen) atoms. The number of fused-ring (bicyclic) bond motifs is 1. The number of carbonyl (C=O) groups is 1. The average molecular weight is 555 g/mol. The molecule has 0 radical (unpaired) electrons. The Balaban J connectivity index is 1.42. The number of amides is 1. The van der Waals surface area contributed by atoms with Crippen LogP contribution in [0.4, 0.5) is 0 Å². The van der Waals surface area contributed by atoms with Gasteiger partial charge in [0.1, 0.15) is 11.3 Å². The van der Waals surface area contributed by atoms with Gasteiger partial charge in [-0.1, -0.05) is 39.3 Å². The summed E-state index contributed by atoms with van der Waals surface area (Å²) in [7, 11) is 0. The molecule has 0 spiro atoms. The number of nitrogens with one attached hydrogen (secondary N) is 1. The van der Waals surface area contributed by atoms with Crippen molar-refractivity contribution in [1.29, 1.82) is 0 Å². The Hall–Kier alpha value is -2.00. The molecular formula is C20H11Br2ClN2O3S. The van der Waals surface area contributed by atoms with Gasteiger partial charge in [0, 0.05) is 25.8 Å². The summed E-state index contributed by atoms with van der Waals surface area (Å²) in [5.74, 6) is 0.215. The van der Waals surface area contributed by atoms with Crippen LogP contribution in [0.5, 0.6) is 0 Å². The summed E-state index contributed by atoms with van der Waals surface area (Å²) in [6.45, 7) is 0. The van der Waals surface area contributed by atoms with Gasteiger partial charge in [0.25, 0.3) is 0 Å². The summed E-state index contributed by atoms with van der Waals surface area (Å²) in [5.41, 5.74) is 3.06. The first-order valence-electron chi connectivity index (χ1n) is 8.23. The number of benzene rings is 2. The minimum atomic E-state index is -0.449. The molecule has 0 atom stereocenters. The van der Waals surface area contributed by atoms with Crippen molar-refractivity contribution in [3.05, 3.63) is 80.1 Å². The van der Waals surface area contributed by atoms with Crippen molar-refractivity contribution in [3.63, 3.8) is 0 Å². The van der Waals surface area contributed by atoms with E-state index in [1.807, 2.05) is 36.4 Å². The van der Waals surface area contributed by atoms with Gasteiger partial charge in [0.15, 0.2) is 10.9 Å². The summed E-state index contributed by atoms with van der Waals surface area (Å²) < 4.78 is 13.0. The van der Waals surface area contributed by atoms with Crippen molar-refractivity contribution in [2.75, 3.05) is 0 Å². The zero-order valence-corrected chi connectivity index (χ0v) is 19.2. The molecule has 1 amide bonds. The van der Waals surface area contributed by atoms with Crippen molar-refractivity contribution in [3.8, 4) is 0 Å². The molecule has 9 heteroatoms. The van der Waals surface area contributed by atoms with E-state index < -0.39 is 5.91 Å². The van der Waals surface area contributed by atoms with Crippen LogP contribution in [-0.4, -0.2) is 12.1 Å². The molecule has 1 N–H and O–H groups in total. The van der Waals surface area contributed by atoms with Gasteiger partial charge in [-0.25, -0.2) is 5.43 Å². The number of carbonyl (C=O) groups excluding carboxylic acids is 1. The Morgan fingerprint density at radius 2 is 1.86 bits per heavy atom. The molecule has 2 aromatic carbocycles. The summed E-state index contributed by atoms with van der Waals surface area (Å²) >= 11 is 14.2. The number of hydrogen-bond acceptors (Lipinski definition) is 5. The van der Waals surface area contributed by atoms with Crippen molar-refractivity contribution in [2.24, 2.45) is 5.10 Å². The van der Waals surface area contributed by atoms with E-state index in [-0.39, 0.29) is 5.76 Å². The second-order valence-electron chi connectivity index (χ2n) is 5.83. The highest BCUT2D eigenvalue weighted by atomic mass is 79.9. The standard InChI is InChI=1S/C20H11Br2ClN2O3S/c21-12-1-6-17-11(7-12)8-18(28-17)19(26)25-24-10-14-9-16(22)20(27-14)29-15-4-2-13(23)3-5-15/h1-10H,(H,25,26)/b24-10+. The quantitative estimate of drug-likeness (QED) is 0.211. The highest BCUT2D eigenvalue weighted by Gasteiger charge is 2.13. The van der Waals surface area contributed by atoms with E-state index in [0.29, 0.717) is 21.5 Å². The monoisotopic (exact) mass is 552 g/mol. The molecule has 2 aromatic heterocycles. The third-order valence-corrected chi connectivity index (χ3v) is 6.35. The van der Waals surface area contributed by atoms with Crippen LogP contribution in [0.25, 0.3) is 11.0 Å². The van der Waals surface area contributed by atoms with Gasteiger partial charge in [0.05, 0.1) is 10.7 Å². The number of nitrogens with zero attached hydrogens (tertiary/aromatic N) is 1. The highest BCUT2D eigenvalue weighted by Crippen LogP contribution is 2.36. The normalized spacial score (nSPS) is 11.4. The molecule has 4 aromatic rings. The molecule has 0 aliphatic heterocycles. The lowest BCUT2D eigenvalue weighted by Crippen LogP contribution is -2.16. The first-order chi connectivity index (χ1) is 14.0. The van der Waals surface area contributed by atoms with Gasteiger partial charge in [-0.3, -0.25) is 4.79 Å². The number of hydrogen-bond donors (Lipinski definition) is 1. The highest BCUT2D eigenvalue weighted by molar-refractivity contribution is 9.10. The first-order valence-corrected chi connectivity index (χ1v) is 11.0. The predicted octanol–water partition coefficient (Wildman–Crippen LogP) is 7.12. The SMILES string of the molecule is O=C(N/N=C/c1cc(Br)c(Sc2ccc(Cl)cc2)o1)c1cc2cc(Br)ccc2o1. The van der Waals surface area contributed by atoms with Crippen LogP contribution >= 0.6 is 55.2 Å². The fourth-order valence-electron chi connectivity index (χ4n) is 2.45. The van der Waals surface area contributed by atoms with Gasteiger partial charge >= 0.3 is 5.91 Å². The third-order valence-electron chi connectivity index (χ3n) is 3.76. The fraction of sp³-hybridized carbons (Fsp3) is 0. The number of furan rings is 2. The van der Waals surface area contributed by atoms with Crippen molar-refractivity contribution in [2.45, 2.75) is 9.99 Å². The average Bonchev–Trinajstić information content (AvgIpc) is 3.26. The van der Waals surface area contributed by atoms with Gasteiger partial charge in [-0.2, -0.15) is 5.10 Å². The number of halogens is 3. The molecule has 5 nitrogen and oxygen atoms in total. The maximum atomic E-state index is 12.2. The Kier molecular flexibility index (Phi) is 6.15. The second-order valence-corrected chi connectivity index (χ2v) is 9.08. The maximum Gasteiger partial charge on any atom is 0.307 e. The van der Waals surface area contributed by atoms with Gasteiger partial charge in [0.2, 0.25) is 0 Å².